The number of aliphatic hydroxyl groups is 1. The second-order valence-electron chi connectivity index (χ2n) is 2.63. The van der Waals surface area contributed by atoms with E-state index in [4.69, 9.17) is 4.52 Å². The number of carbonyl (C=O) groups is 1. The van der Waals surface area contributed by atoms with E-state index in [1.54, 1.807) is 6.92 Å². The normalized spacial score (nSPS) is 12.5. The summed E-state index contributed by atoms with van der Waals surface area (Å²) >= 11 is 0. The van der Waals surface area contributed by atoms with E-state index in [9.17, 15) is 9.90 Å². The van der Waals surface area contributed by atoms with Crippen LogP contribution in [0.25, 0.3) is 0 Å². The van der Waals surface area contributed by atoms with Crippen molar-refractivity contribution in [3.8, 4) is 0 Å². The molecule has 1 heterocycles. The third-order valence-corrected chi connectivity index (χ3v) is 1.73. The summed E-state index contributed by atoms with van der Waals surface area (Å²) in [5.41, 5.74) is 0.519. The summed E-state index contributed by atoms with van der Waals surface area (Å²) in [7, 11) is 1.27. The number of hydrogen-bond acceptors (Lipinski definition) is 5. The second kappa shape index (κ2) is 4.04. The molecule has 0 aliphatic rings. The monoisotopic (exact) mass is 185 g/mol. The summed E-state index contributed by atoms with van der Waals surface area (Å²) in [5.74, 6) is 0.0458. The minimum atomic E-state index is -0.904. The van der Waals surface area contributed by atoms with Crippen molar-refractivity contribution >= 4 is 5.97 Å². The first-order valence-corrected chi connectivity index (χ1v) is 3.81. The summed E-state index contributed by atoms with van der Waals surface area (Å²) in [6, 6.07) is 0. The van der Waals surface area contributed by atoms with E-state index >= 15 is 0 Å². The lowest BCUT2D eigenvalue weighted by molar-refractivity contribution is -0.142. The maximum absolute atomic E-state index is 10.8. The van der Waals surface area contributed by atoms with Gasteiger partial charge >= 0.3 is 5.97 Å². The van der Waals surface area contributed by atoms with Gasteiger partial charge in [-0.3, -0.25) is 4.79 Å². The van der Waals surface area contributed by atoms with Gasteiger partial charge in [0.15, 0.2) is 0 Å². The molecule has 0 saturated carbocycles. The van der Waals surface area contributed by atoms with Gasteiger partial charge in [-0.05, 0) is 6.92 Å². The lowest BCUT2D eigenvalue weighted by atomic mass is 10.1. The zero-order valence-corrected chi connectivity index (χ0v) is 7.48. The topological polar surface area (TPSA) is 72.6 Å². The summed E-state index contributed by atoms with van der Waals surface area (Å²) in [6.07, 6.45) is 0.403. The fraction of sp³-hybridized carbons (Fsp3) is 0.500. The highest BCUT2D eigenvalue weighted by molar-refractivity contribution is 5.70. The van der Waals surface area contributed by atoms with Gasteiger partial charge in [-0.2, -0.15) is 0 Å². The van der Waals surface area contributed by atoms with Crippen molar-refractivity contribution in [2.24, 2.45) is 0 Å². The van der Waals surface area contributed by atoms with Gasteiger partial charge in [-0.15, -0.1) is 0 Å². The van der Waals surface area contributed by atoms with E-state index in [0.717, 1.165) is 0 Å². The van der Waals surface area contributed by atoms with Crippen molar-refractivity contribution in [2.75, 3.05) is 7.11 Å². The number of aryl methyl sites for hydroxylation is 1. The molecule has 1 aromatic heterocycles. The summed E-state index contributed by atoms with van der Waals surface area (Å²) in [6.45, 7) is 1.67. The molecule has 0 amide bonds. The predicted octanol–water partition coefficient (Wildman–Crippen LogP) is 0.580. The largest absolute Gasteiger partial charge is 0.469 e. The maximum atomic E-state index is 10.8. The first kappa shape index (κ1) is 9.73. The summed E-state index contributed by atoms with van der Waals surface area (Å²) in [5, 5.41) is 13.0. The van der Waals surface area contributed by atoms with E-state index in [0.29, 0.717) is 11.3 Å². The number of aliphatic hydroxyl groups excluding tert-OH is 1. The lowest BCUT2D eigenvalue weighted by Crippen LogP contribution is -2.08. The van der Waals surface area contributed by atoms with Crippen LogP contribution >= 0.6 is 0 Å². The Morgan fingerprint density at radius 1 is 1.85 bits per heavy atom. The van der Waals surface area contributed by atoms with Crippen LogP contribution in [-0.4, -0.2) is 23.3 Å². The van der Waals surface area contributed by atoms with Crippen LogP contribution in [-0.2, 0) is 9.53 Å². The smallest absolute Gasteiger partial charge is 0.308 e. The molecule has 0 aromatic carbocycles. The van der Waals surface area contributed by atoms with Gasteiger partial charge in [0.25, 0.3) is 0 Å². The molecule has 0 fully saturated rings. The van der Waals surface area contributed by atoms with Crippen molar-refractivity contribution in [1.29, 1.82) is 0 Å². The molecule has 5 nitrogen and oxygen atoms in total. The predicted molar refractivity (Wildman–Crippen MR) is 42.8 cm³/mol. The third kappa shape index (κ3) is 2.29. The number of carbonyl (C=O) groups excluding carboxylic acids is 1. The molecule has 13 heavy (non-hydrogen) atoms. The van der Waals surface area contributed by atoms with Gasteiger partial charge in [0.2, 0.25) is 0 Å². The molecule has 0 spiro atoms. The minimum absolute atomic E-state index is 0.0848. The standard InChI is InChI=1S/C8H11NO4/c1-5-6(4-9-13-5)7(10)3-8(11)12-2/h4,7,10H,3H2,1-2H3/t7-/m0/s1. The van der Waals surface area contributed by atoms with Crippen molar-refractivity contribution in [3.63, 3.8) is 0 Å². The molecule has 0 unspecified atom stereocenters. The fourth-order valence-electron chi connectivity index (χ4n) is 0.978. The average Bonchev–Trinajstić information content (AvgIpc) is 2.51. The molecule has 5 heteroatoms. The molecule has 0 saturated heterocycles. The Hall–Kier alpha value is -1.36. The van der Waals surface area contributed by atoms with Crippen LogP contribution in [0.15, 0.2) is 10.7 Å². The van der Waals surface area contributed by atoms with E-state index < -0.39 is 12.1 Å². The first-order valence-electron chi connectivity index (χ1n) is 3.81. The van der Waals surface area contributed by atoms with E-state index in [-0.39, 0.29) is 6.42 Å². The highest BCUT2D eigenvalue weighted by Gasteiger charge is 2.17. The molecule has 1 atom stereocenters. The second-order valence-corrected chi connectivity index (χ2v) is 2.63. The van der Waals surface area contributed by atoms with Crippen molar-refractivity contribution in [2.45, 2.75) is 19.4 Å². The molecule has 1 N–H and O–H groups in total. The van der Waals surface area contributed by atoms with Gasteiger partial charge in [0.1, 0.15) is 5.76 Å². The highest BCUT2D eigenvalue weighted by Crippen LogP contribution is 2.19. The molecule has 0 aliphatic carbocycles. The maximum Gasteiger partial charge on any atom is 0.308 e. The van der Waals surface area contributed by atoms with E-state index in [2.05, 4.69) is 9.89 Å². The first-order chi connectivity index (χ1) is 6.15. The van der Waals surface area contributed by atoms with Crippen molar-refractivity contribution in [1.82, 2.24) is 5.16 Å². The summed E-state index contributed by atoms with van der Waals surface area (Å²) in [4.78, 5) is 10.8. The molecule has 1 rings (SSSR count). The van der Waals surface area contributed by atoms with E-state index in [1.807, 2.05) is 0 Å². The quantitative estimate of drug-likeness (QED) is 0.697. The fourth-order valence-corrected chi connectivity index (χ4v) is 0.978. The number of hydrogen-bond donors (Lipinski definition) is 1. The number of ether oxygens (including phenoxy) is 1. The Labute approximate surface area is 75.3 Å². The SMILES string of the molecule is COC(=O)C[C@H](O)c1cnoc1C. The Morgan fingerprint density at radius 3 is 3.00 bits per heavy atom. The minimum Gasteiger partial charge on any atom is -0.469 e. The number of rotatable bonds is 3. The molecule has 0 aliphatic heterocycles. The number of methoxy groups -OCH3 is 1. The van der Waals surface area contributed by atoms with Gasteiger partial charge in [-0.25, -0.2) is 0 Å². The van der Waals surface area contributed by atoms with Crippen LogP contribution < -0.4 is 0 Å². The van der Waals surface area contributed by atoms with Crippen molar-refractivity contribution in [3.05, 3.63) is 17.5 Å². The highest BCUT2D eigenvalue weighted by atomic mass is 16.5. The van der Waals surface area contributed by atoms with Gasteiger partial charge in [-0.1, -0.05) is 5.16 Å². The Kier molecular flexibility index (Phi) is 3.02. The van der Waals surface area contributed by atoms with Crippen molar-refractivity contribution < 1.29 is 19.2 Å². The van der Waals surface area contributed by atoms with Crippen LogP contribution in [0.1, 0.15) is 23.8 Å². The molecular weight excluding hydrogens is 174 g/mol. The Balaban J connectivity index is 2.63. The van der Waals surface area contributed by atoms with Crippen LogP contribution in [0.2, 0.25) is 0 Å². The lowest BCUT2D eigenvalue weighted by Gasteiger charge is -2.06. The summed E-state index contributed by atoms with van der Waals surface area (Å²) < 4.78 is 9.15. The van der Waals surface area contributed by atoms with E-state index in [1.165, 1.54) is 13.3 Å². The Morgan fingerprint density at radius 2 is 2.54 bits per heavy atom. The molecule has 1 aromatic rings. The van der Waals surface area contributed by atoms with Gasteiger partial charge < -0.3 is 14.4 Å². The zero-order valence-electron chi connectivity index (χ0n) is 7.48. The zero-order chi connectivity index (χ0) is 9.84. The van der Waals surface area contributed by atoms with Crippen LogP contribution in [0.5, 0.6) is 0 Å². The molecular formula is C8H11NO4. The molecule has 72 valence electrons. The van der Waals surface area contributed by atoms with Gasteiger partial charge in [0.05, 0.1) is 25.8 Å². The number of aromatic nitrogens is 1. The van der Waals surface area contributed by atoms with Crippen LogP contribution in [0.3, 0.4) is 0 Å². The average molecular weight is 185 g/mol. The molecule has 0 bridgehead atoms. The molecule has 0 radical (unpaired) electrons. The van der Waals surface area contributed by atoms with Gasteiger partial charge in [0, 0.05) is 5.56 Å². The van der Waals surface area contributed by atoms with Crippen LogP contribution in [0, 0.1) is 6.92 Å². The third-order valence-electron chi connectivity index (χ3n) is 1.73. The van der Waals surface area contributed by atoms with Crippen LogP contribution in [0.4, 0.5) is 0 Å². The Bertz CT molecular complexity index is 294. The number of nitrogens with zero attached hydrogens (tertiary/aromatic N) is 1. The number of esters is 1.